The predicted molar refractivity (Wildman–Crippen MR) is 122 cm³/mol. The third-order valence-electron chi connectivity index (χ3n) is 4.62. The molecule has 0 bridgehead atoms. The largest absolute Gasteiger partial charge is 0.507 e. The maximum Gasteiger partial charge on any atom is 0.294 e. The van der Waals surface area contributed by atoms with Crippen molar-refractivity contribution in [3.8, 4) is 5.75 Å². The first-order valence-corrected chi connectivity index (χ1v) is 14.2. The SMILES string of the molecule is O=C(Nc1cc(S(=O)(=O)O)cc2cc(S(=O)(=O)O)cc(O)c12)c1cccc(S(=O)(=O)CCCl)c1. The molecule has 0 aromatic heterocycles. The Bertz CT molecular complexity index is 1630. The van der Waals surface area contributed by atoms with Crippen LogP contribution in [0.25, 0.3) is 10.8 Å². The van der Waals surface area contributed by atoms with Gasteiger partial charge in [-0.1, -0.05) is 6.07 Å². The average molecular weight is 550 g/mol. The zero-order valence-corrected chi connectivity index (χ0v) is 20.0. The summed E-state index contributed by atoms with van der Waals surface area (Å²) in [6.45, 7) is 0. The Labute approximate surface area is 199 Å². The van der Waals surface area contributed by atoms with Crippen molar-refractivity contribution >= 4 is 64.0 Å². The van der Waals surface area contributed by atoms with Crippen LogP contribution in [0, 0.1) is 0 Å². The Hall–Kier alpha value is -2.75. The highest BCUT2D eigenvalue weighted by molar-refractivity contribution is 7.91. The van der Waals surface area contributed by atoms with E-state index < -0.39 is 51.5 Å². The molecule has 34 heavy (non-hydrogen) atoms. The lowest BCUT2D eigenvalue weighted by Gasteiger charge is -2.13. The summed E-state index contributed by atoms with van der Waals surface area (Å²) in [4.78, 5) is 11.1. The van der Waals surface area contributed by atoms with E-state index in [0.29, 0.717) is 6.07 Å². The monoisotopic (exact) mass is 549 g/mol. The summed E-state index contributed by atoms with van der Waals surface area (Å²) in [6, 6.07) is 8.06. The minimum atomic E-state index is -4.85. The van der Waals surface area contributed by atoms with Crippen LogP contribution in [0.4, 0.5) is 5.69 Å². The number of carbonyl (C=O) groups is 1. The number of phenolic OH excluding ortho intramolecular Hbond substituents is 1. The van der Waals surface area contributed by atoms with Gasteiger partial charge in [0.2, 0.25) is 0 Å². The number of hydrogen-bond acceptors (Lipinski definition) is 8. The molecule has 0 aliphatic heterocycles. The Morgan fingerprint density at radius 1 is 0.853 bits per heavy atom. The van der Waals surface area contributed by atoms with E-state index in [1.54, 1.807) is 0 Å². The van der Waals surface area contributed by atoms with Crippen LogP contribution >= 0.6 is 11.6 Å². The molecule has 3 aromatic rings. The molecular formula is C19H16ClNO10S3. The summed E-state index contributed by atoms with van der Waals surface area (Å²) in [6.07, 6.45) is 0. The maximum absolute atomic E-state index is 12.8. The average Bonchev–Trinajstić information content (AvgIpc) is 2.72. The van der Waals surface area contributed by atoms with Gasteiger partial charge in [0.1, 0.15) is 5.75 Å². The summed E-state index contributed by atoms with van der Waals surface area (Å²) < 4.78 is 89.5. The molecule has 3 aromatic carbocycles. The number of sulfone groups is 1. The molecule has 0 fully saturated rings. The third-order valence-corrected chi connectivity index (χ3v) is 8.41. The van der Waals surface area contributed by atoms with Gasteiger partial charge in [-0.15, -0.1) is 11.6 Å². The Balaban J connectivity index is 2.17. The molecule has 4 N–H and O–H groups in total. The highest BCUT2D eigenvalue weighted by Gasteiger charge is 2.22. The fraction of sp³-hybridized carbons (Fsp3) is 0.105. The molecule has 15 heteroatoms. The van der Waals surface area contributed by atoms with Gasteiger partial charge < -0.3 is 10.4 Å². The van der Waals surface area contributed by atoms with Gasteiger partial charge in [0.25, 0.3) is 26.1 Å². The molecule has 0 aliphatic carbocycles. The number of carbonyl (C=O) groups excluding carboxylic acids is 1. The fourth-order valence-corrected chi connectivity index (χ4v) is 5.80. The quantitative estimate of drug-likeness (QED) is 0.251. The summed E-state index contributed by atoms with van der Waals surface area (Å²) >= 11 is 5.50. The smallest absolute Gasteiger partial charge is 0.294 e. The maximum atomic E-state index is 12.8. The number of halogens is 1. The molecule has 182 valence electrons. The summed E-state index contributed by atoms with van der Waals surface area (Å²) in [5.74, 6) is -2.18. The van der Waals surface area contributed by atoms with Gasteiger partial charge >= 0.3 is 0 Å². The lowest BCUT2D eigenvalue weighted by atomic mass is 10.1. The zero-order valence-electron chi connectivity index (χ0n) is 16.8. The number of aromatic hydroxyl groups is 1. The van der Waals surface area contributed by atoms with E-state index in [1.165, 1.54) is 18.2 Å². The molecule has 0 saturated carbocycles. The second-order valence-corrected chi connectivity index (χ2v) is 12.3. The van der Waals surface area contributed by atoms with Crippen LogP contribution < -0.4 is 5.32 Å². The predicted octanol–water partition coefficient (Wildman–Crippen LogP) is 2.30. The molecular weight excluding hydrogens is 534 g/mol. The van der Waals surface area contributed by atoms with Gasteiger partial charge in [0.15, 0.2) is 9.84 Å². The van der Waals surface area contributed by atoms with Crippen LogP contribution in [0.2, 0.25) is 0 Å². The van der Waals surface area contributed by atoms with Crippen LogP contribution in [0.5, 0.6) is 5.75 Å². The number of fused-ring (bicyclic) bond motifs is 1. The van der Waals surface area contributed by atoms with Crippen molar-refractivity contribution in [3.05, 3.63) is 54.1 Å². The van der Waals surface area contributed by atoms with E-state index in [0.717, 1.165) is 24.3 Å². The second kappa shape index (κ2) is 9.13. The summed E-state index contributed by atoms with van der Waals surface area (Å²) in [5.41, 5.74) is -0.487. The highest BCUT2D eigenvalue weighted by Crippen LogP contribution is 2.37. The number of nitrogens with one attached hydrogen (secondary N) is 1. The Kier molecular flexibility index (Phi) is 6.94. The normalized spacial score (nSPS) is 12.6. The highest BCUT2D eigenvalue weighted by atomic mass is 35.5. The van der Waals surface area contributed by atoms with Crippen LogP contribution in [0.1, 0.15) is 10.4 Å². The molecule has 0 aliphatic rings. The topological polar surface area (TPSA) is 192 Å². The van der Waals surface area contributed by atoms with E-state index in [2.05, 4.69) is 5.32 Å². The number of hydrogen-bond donors (Lipinski definition) is 4. The lowest BCUT2D eigenvalue weighted by molar-refractivity contribution is 0.102. The van der Waals surface area contributed by atoms with Gasteiger partial charge in [-0.3, -0.25) is 13.9 Å². The standard InChI is InChI=1S/C19H16ClNO10S3/c20-4-5-32(24,25)13-3-1-2-11(6-13)19(23)21-16-9-14(33(26,27)28)7-12-8-15(34(29,30)31)10-17(22)18(12)16/h1-3,6-10,22H,4-5H2,(H,21,23)(H,26,27,28)(H,29,30,31). The van der Waals surface area contributed by atoms with Crippen molar-refractivity contribution in [2.24, 2.45) is 0 Å². The number of benzene rings is 3. The molecule has 0 atom stereocenters. The van der Waals surface area contributed by atoms with Gasteiger partial charge in [-0.05, 0) is 41.8 Å². The van der Waals surface area contributed by atoms with Crippen molar-refractivity contribution in [1.82, 2.24) is 0 Å². The van der Waals surface area contributed by atoms with Gasteiger partial charge in [-0.25, -0.2) is 8.42 Å². The van der Waals surface area contributed by atoms with Gasteiger partial charge in [0, 0.05) is 22.9 Å². The Morgan fingerprint density at radius 3 is 2.00 bits per heavy atom. The molecule has 1 amide bonds. The fourth-order valence-electron chi connectivity index (χ4n) is 3.08. The summed E-state index contributed by atoms with van der Waals surface area (Å²) in [5, 5.41) is 12.2. The van der Waals surface area contributed by atoms with Crippen molar-refractivity contribution in [2.45, 2.75) is 14.7 Å². The van der Waals surface area contributed by atoms with Crippen LogP contribution in [-0.2, 0) is 30.1 Å². The second-order valence-electron chi connectivity index (χ2n) is 6.95. The number of amides is 1. The molecule has 0 spiro atoms. The van der Waals surface area contributed by atoms with E-state index in [1.807, 2.05) is 0 Å². The third kappa shape index (κ3) is 5.48. The molecule has 0 radical (unpaired) electrons. The van der Waals surface area contributed by atoms with Crippen LogP contribution in [0.15, 0.2) is 63.2 Å². The van der Waals surface area contributed by atoms with E-state index in [4.69, 9.17) is 11.6 Å². The van der Waals surface area contributed by atoms with Gasteiger partial charge in [-0.2, -0.15) is 16.8 Å². The van der Waals surface area contributed by atoms with Crippen molar-refractivity contribution in [1.29, 1.82) is 0 Å². The number of rotatable bonds is 7. The molecule has 11 nitrogen and oxygen atoms in total. The minimum absolute atomic E-state index is 0.143. The molecule has 0 heterocycles. The molecule has 3 rings (SSSR count). The van der Waals surface area contributed by atoms with E-state index >= 15 is 0 Å². The lowest BCUT2D eigenvalue weighted by Crippen LogP contribution is -2.15. The first-order valence-electron chi connectivity index (χ1n) is 9.09. The summed E-state index contributed by atoms with van der Waals surface area (Å²) in [7, 11) is -13.4. The zero-order chi connectivity index (χ0) is 25.5. The van der Waals surface area contributed by atoms with Crippen LogP contribution in [0.3, 0.4) is 0 Å². The van der Waals surface area contributed by atoms with Crippen molar-refractivity contribution < 1.29 is 44.3 Å². The van der Waals surface area contributed by atoms with E-state index in [9.17, 15) is 44.3 Å². The molecule has 0 unspecified atom stereocenters. The number of anilines is 1. The van der Waals surface area contributed by atoms with Gasteiger partial charge in [0.05, 0.1) is 26.1 Å². The minimum Gasteiger partial charge on any atom is -0.507 e. The molecule has 0 saturated heterocycles. The van der Waals surface area contributed by atoms with Crippen molar-refractivity contribution in [3.63, 3.8) is 0 Å². The van der Waals surface area contributed by atoms with Crippen LogP contribution in [-0.4, -0.2) is 57.0 Å². The first kappa shape index (κ1) is 25.9. The van der Waals surface area contributed by atoms with E-state index in [-0.39, 0.29) is 38.6 Å². The first-order chi connectivity index (χ1) is 15.6. The van der Waals surface area contributed by atoms with Crippen molar-refractivity contribution in [2.75, 3.05) is 16.9 Å². The number of alkyl halides is 1. The number of phenols is 1. The Morgan fingerprint density at radius 2 is 1.44 bits per heavy atom.